The summed E-state index contributed by atoms with van der Waals surface area (Å²) in [5.74, 6) is -1.14. The van der Waals surface area contributed by atoms with Gasteiger partial charge in [0.2, 0.25) is 11.8 Å². The number of nitrogens with one attached hydrogen (secondary N) is 3. The fourth-order valence-electron chi connectivity index (χ4n) is 2.12. The van der Waals surface area contributed by atoms with Crippen molar-refractivity contribution < 1.29 is 14.0 Å². The number of amides is 2. The maximum Gasteiger partial charge on any atom is 0.243 e. The molecule has 2 rings (SSSR count). The molecule has 7 heteroatoms. The number of rotatable bonds is 6. The second-order valence-electron chi connectivity index (χ2n) is 5.31. The Kier molecular flexibility index (Phi) is 6.07. The summed E-state index contributed by atoms with van der Waals surface area (Å²) >= 11 is 0. The molecule has 0 saturated carbocycles. The van der Waals surface area contributed by atoms with E-state index in [0.717, 1.165) is 5.56 Å². The number of hydrogen-bond acceptors (Lipinski definition) is 4. The topological polar surface area (TPSA) is 94.0 Å². The van der Waals surface area contributed by atoms with Crippen molar-refractivity contribution >= 4 is 28.9 Å². The number of nitrogens with zero attached hydrogens (tertiary/aromatic N) is 1. The zero-order valence-electron chi connectivity index (χ0n) is 13.6. The van der Waals surface area contributed by atoms with Crippen molar-refractivity contribution in [1.29, 1.82) is 5.26 Å². The van der Waals surface area contributed by atoms with Gasteiger partial charge >= 0.3 is 0 Å². The van der Waals surface area contributed by atoms with E-state index in [1.165, 1.54) is 25.1 Å². The Hall–Kier alpha value is -3.40. The molecule has 0 spiro atoms. The lowest BCUT2D eigenvalue weighted by Gasteiger charge is -2.10. The second-order valence-corrected chi connectivity index (χ2v) is 5.31. The van der Waals surface area contributed by atoms with Gasteiger partial charge in [0.1, 0.15) is 5.82 Å². The summed E-state index contributed by atoms with van der Waals surface area (Å²) in [6, 6.07) is 13.0. The summed E-state index contributed by atoms with van der Waals surface area (Å²) in [4.78, 5) is 23.0. The maximum absolute atomic E-state index is 13.8. The first-order valence-corrected chi connectivity index (χ1v) is 7.54. The molecule has 0 aliphatic rings. The van der Waals surface area contributed by atoms with Crippen LogP contribution in [0.3, 0.4) is 0 Å². The van der Waals surface area contributed by atoms with E-state index < -0.39 is 5.82 Å². The van der Waals surface area contributed by atoms with Crippen molar-refractivity contribution in [3.05, 3.63) is 53.8 Å². The van der Waals surface area contributed by atoms with Crippen LogP contribution in [0, 0.1) is 17.1 Å². The van der Waals surface area contributed by atoms with Crippen molar-refractivity contribution in [2.75, 3.05) is 22.5 Å². The molecular formula is C18H17FN4O2. The Morgan fingerprint density at radius 1 is 1.08 bits per heavy atom. The summed E-state index contributed by atoms with van der Waals surface area (Å²) in [5, 5.41) is 16.5. The molecule has 0 aliphatic carbocycles. The third kappa shape index (κ3) is 5.62. The zero-order chi connectivity index (χ0) is 18.2. The van der Waals surface area contributed by atoms with Crippen LogP contribution in [0.15, 0.2) is 42.5 Å². The monoisotopic (exact) mass is 340 g/mol. The van der Waals surface area contributed by atoms with Gasteiger partial charge in [0, 0.05) is 18.3 Å². The third-order valence-corrected chi connectivity index (χ3v) is 3.25. The molecule has 0 atom stereocenters. The predicted molar refractivity (Wildman–Crippen MR) is 93.6 cm³/mol. The van der Waals surface area contributed by atoms with Crippen LogP contribution in [0.2, 0.25) is 0 Å². The van der Waals surface area contributed by atoms with Crippen LogP contribution in [0.25, 0.3) is 0 Å². The average Bonchev–Trinajstić information content (AvgIpc) is 2.57. The second kappa shape index (κ2) is 8.45. The molecular weight excluding hydrogens is 323 g/mol. The number of benzene rings is 2. The van der Waals surface area contributed by atoms with Crippen LogP contribution >= 0.6 is 0 Å². The van der Waals surface area contributed by atoms with Gasteiger partial charge in [0.05, 0.1) is 24.7 Å². The molecule has 0 radical (unpaired) electrons. The largest absolute Gasteiger partial charge is 0.374 e. The van der Waals surface area contributed by atoms with Crippen LogP contribution in [-0.2, 0) is 16.0 Å². The summed E-state index contributed by atoms with van der Waals surface area (Å²) in [6.07, 6.45) is 0.305. The lowest BCUT2D eigenvalue weighted by atomic mass is 10.1. The summed E-state index contributed by atoms with van der Waals surface area (Å²) in [7, 11) is 0. The number of anilines is 3. The molecule has 6 nitrogen and oxygen atoms in total. The first kappa shape index (κ1) is 17.9. The zero-order valence-corrected chi connectivity index (χ0v) is 13.6. The average molecular weight is 340 g/mol. The number of hydrogen-bond donors (Lipinski definition) is 3. The first-order valence-electron chi connectivity index (χ1n) is 7.54. The highest BCUT2D eigenvalue weighted by atomic mass is 19.1. The van der Waals surface area contributed by atoms with Crippen molar-refractivity contribution in [3.63, 3.8) is 0 Å². The van der Waals surface area contributed by atoms with Crippen LogP contribution in [0.5, 0.6) is 0 Å². The molecule has 25 heavy (non-hydrogen) atoms. The Balaban J connectivity index is 1.93. The molecule has 0 heterocycles. The van der Waals surface area contributed by atoms with Gasteiger partial charge in [-0.05, 0) is 35.9 Å². The summed E-state index contributed by atoms with van der Waals surface area (Å²) in [6.45, 7) is 1.21. The van der Waals surface area contributed by atoms with E-state index in [1.807, 2.05) is 6.07 Å². The fraction of sp³-hybridized carbons (Fsp3) is 0.167. The van der Waals surface area contributed by atoms with E-state index in [4.69, 9.17) is 5.26 Å². The van der Waals surface area contributed by atoms with Crippen LogP contribution in [0.1, 0.15) is 12.5 Å². The van der Waals surface area contributed by atoms with Gasteiger partial charge in [-0.2, -0.15) is 5.26 Å². The SMILES string of the molecule is CC(=O)Nc1ccc(F)c(NCC(=O)Nc2ccc(CC#N)cc2)c1. The molecule has 2 aromatic rings. The maximum atomic E-state index is 13.8. The number of halogens is 1. The minimum absolute atomic E-state index is 0.116. The van der Waals surface area contributed by atoms with Gasteiger partial charge < -0.3 is 16.0 Å². The van der Waals surface area contributed by atoms with Gasteiger partial charge in [0.15, 0.2) is 0 Å². The Morgan fingerprint density at radius 2 is 1.76 bits per heavy atom. The fourth-order valence-corrected chi connectivity index (χ4v) is 2.12. The first-order chi connectivity index (χ1) is 12.0. The number of carbonyl (C=O) groups excluding carboxylic acids is 2. The highest BCUT2D eigenvalue weighted by molar-refractivity contribution is 5.94. The Morgan fingerprint density at radius 3 is 2.40 bits per heavy atom. The van der Waals surface area contributed by atoms with Crippen molar-refractivity contribution in [1.82, 2.24) is 0 Å². The summed E-state index contributed by atoms with van der Waals surface area (Å²) in [5.41, 5.74) is 1.99. The highest BCUT2D eigenvalue weighted by Crippen LogP contribution is 2.19. The molecule has 0 aromatic heterocycles. The smallest absolute Gasteiger partial charge is 0.243 e. The van der Waals surface area contributed by atoms with Gasteiger partial charge in [-0.3, -0.25) is 9.59 Å². The van der Waals surface area contributed by atoms with Crippen molar-refractivity contribution in [2.24, 2.45) is 0 Å². The molecule has 0 aliphatic heterocycles. The van der Waals surface area contributed by atoms with Crippen molar-refractivity contribution in [3.8, 4) is 6.07 Å². The van der Waals surface area contributed by atoms with Gasteiger partial charge in [-0.25, -0.2) is 4.39 Å². The molecule has 128 valence electrons. The molecule has 0 unspecified atom stereocenters. The normalized spacial score (nSPS) is 9.80. The Bertz CT molecular complexity index is 813. The number of nitriles is 1. The van der Waals surface area contributed by atoms with Crippen LogP contribution in [0.4, 0.5) is 21.5 Å². The summed E-state index contributed by atoms with van der Waals surface area (Å²) < 4.78 is 13.8. The van der Waals surface area contributed by atoms with E-state index in [1.54, 1.807) is 24.3 Å². The Labute approximate surface area is 144 Å². The van der Waals surface area contributed by atoms with E-state index >= 15 is 0 Å². The van der Waals surface area contributed by atoms with E-state index in [9.17, 15) is 14.0 Å². The molecule has 0 fully saturated rings. The molecule has 3 N–H and O–H groups in total. The van der Waals surface area contributed by atoms with Crippen LogP contribution < -0.4 is 16.0 Å². The van der Waals surface area contributed by atoms with Crippen LogP contribution in [-0.4, -0.2) is 18.4 Å². The predicted octanol–water partition coefficient (Wildman–Crippen LogP) is 2.90. The highest BCUT2D eigenvalue weighted by Gasteiger charge is 2.07. The molecule has 0 saturated heterocycles. The van der Waals surface area contributed by atoms with Gasteiger partial charge in [0.25, 0.3) is 0 Å². The number of carbonyl (C=O) groups is 2. The molecule has 2 aromatic carbocycles. The lowest BCUT2D eigenvalue weighted by molar-refractivity contribution is -0.115. The standard InChI is InChI=1S/C18H17FN4O2/c1-12(24)22-15-6-7-16(19)17(10-15)21-11-18(25)23-14-4-2-13(3-5-14)8-9-20/h2-7,10,21H,8,11H2,1H3,(H,22,24)(H,23,25). The van der Waals surface area contributed by atoms with E-state index in [0.29, 0.717) is 17.8 Å². The van der Waals surface area contributed by atoms with E-state index in [-0.39, 0.29) is 24.0 Å². The van der Waals surface area contributed by atoms with Crippen molar-refractivity contribution in [2.45, 2.75) is 13.3 Å². The lowest BCUT2D eigenvalue weighted by Crippen LogP contribution is -2.22. The minimum Gasteiger partial charge on any atom is -0.374 e. The van der Waals surface area contributed by atoms with Gasteiger partial charge in [-0.15, -0.1) is 0 Å². The van der Waals surface area contributed by atoms with E-state index in [2.05, 4.69) is 16.0 Å². The quantitative estimate of drug-likeness (QED) is 0.754. The minimum atomic E-state index is -0.525. The molecule has 2 amide bonds. The molecule has 0 bridgehead atoms. The third-order valence-electron chi connectivity index (χ3n) is 3.25. The van der Waals surface area contributed by atoms with Gasteiger partial charge in [-0.1, -0.05) is 12.1 Å².